The number of likely N-dealkylation sites (tertiary alicyclic amines) is 1. The number of aliphatic hydroxyl groups is 1. The summed E-state index contributed by atoms with van der Waals surface area (Å²) in [5.41, 5.74) is 3.46. The van der Waals surface area contributed by atoms with Crippen molar-refractivity contribution >= 4 is 0 Å². The van der Waals surface area contributed by atoms with Crippen LogP contribution in [0.2, 0.25) is 0 Å². The normalized spacial score (nSPS) is 20.5. The lowest BCUT2D eigenvalue weighted by Gasteiger charge is -2.36. The van der Waals surface area contributed by atoms with Gasteiger partial charge >= 0.3 is 0 Å². The van der Waals surface area contributed by atoms with E-state index in [2.05, 4.69) is 40.3 Å². The zero-order valence-corrected chi connectivity index (χ0v) is 15.5. The zero-order chi connectivity index (χ0) is 18.6. The third-order valence-corrected chi connectivity index (χ3v) is 5.30. The molecule has 1 saturated heterocycles. The predicted octanol–water partition coefficient (Wildman–Crippen LogP) is 3.23. The van der Waals surface area contributed by atoms with Crippen molar-refractivity contribution in [2.45, 2.75) is 25.0 Å². The maximum Gasteiger partial charge on any atom is 0.119 e. The summed E-state index contributed by atoms with van der Waals surface area (Å²) in [7, 11) is 1.68. The number of β-amino-alcohol motifs (C(OH)–C–C–N with tert-alkyl or cyclic N) is 1. The molecule has 0 bridgehead atoms. The fourth-order valence-corrected chi connectivity index (χ4v) is 3.84. The van der Waals surface area contributed by atoms with Crippen LogP contribution >= 0.6 is 0 Å². The van der Waals surface area contributed by atoms with Gasteiger partial charge in [-0.05, 0) is 54.4 Å². The number of rotatable bonds is 5. The Bertz CT molecular complexity index is 862. The van der Waals surface area contributed by atoms with Gasteiger partial charge in [0.25, 0.3) is 0 Å². The SMILES string of the molecule is COc1cccc([C@@H]2CCN(Cc3ccc(-n4cccn4)cc3)C[C@H]2O)c1. The van der Waals surface area contributed by atoms with Crippen LogP contribution in [0.15, 0.2) is 67.0 Å². The van der Waals surface area contributed by atoms with Crippen LogP contribution in [-0.2, 0) is 6.54 Å². The Balaban J connectivity index is 1.38. The summed E-state index contributed by atoms with van der Waals surface area (Å²) in [5, 5.41) is 15.0. The summed E-state index contributed by atoms with van der Waals surface area (Å²) >= 11 is 0. The molecule has 3 aromatic rings. The van der Waals surface area contributed by atoms with Crippen LogP contribution in [-0.4, -0.2) is 46.1 Å². The smallest absolute Gasteiger partial charge is 0.119 e. The first-order chi connectivity index (χ1) is 13.2. The van der Waals surface area contributed by atoms with Crippen LogP contribution in [0.4, 0.5) is 0 Å². The Morgan fingerprint density at radius 1 is 1.15 bits per heavy atom. The van der Waals surface area contributed by atoms with Crippen molar-refractivity contribution in [2.75, 3.05) is 20.2 Å². The van der Waals surface area contributed by atoms with Gasteiger partial charge in [0, 0.05) is 31.4 Å². The van der Waals surface area contributed by atoms with E-state index in [-0.39, 0.29) is 12.0 Å². The zero-order valence-electron chi connectivity index (χ0n) is 15.5. The van der Waals surface area contributed by atoms with Crippen LogP contribution in [0.3, 0.4) is 0 Å². The maximum atomic E-state index is 10.7. The van der Waals surface area contributed by atoms with E-state index < -0.39 is 0 Å². The van der Waals surface area contributed by atoms with E-state index in [1.165, 1.54) is 5.56 Å². The monoisotopic (exact) mass is 363 g/mol. The van der Waals surface area contributed by atoms with Crippen molar-refractivity contribution in [3.8, 4) is 11.4 Å². The first-order valence-corrected chi connectivity index (χ1v) is 9.36. The minimum atomic E-state index is -0.366. The highest BCUT2D eigenvalue weighted by molar-refractivity contribution is 5.34. The van der Waals surface area contributed by atoms with Gasteiger partial charge in [0.15, 0.2) is 0 Å². The molecule has 1 fully saturated rings. The molecule has 1 aliphatic rings. The van der Waals surface area contributed by atoms with E-state index in [0.29, 0.717) is 6.54 Å². The maximum absolute atomic E-state index is 10.7. The highest BCUT2D eigenvalue weighted by atomic mass is 16.5. The average molecular weight is 363 g/mol. The van der Waals surface area contributed by atoms with Gasteiger partial charge in [-0.1, -0.05) is 24.3 Å². The highest BCUT2D eigenvalue weighted by Gasteiger charge is 2.29. The number of aromatic nitrogens is 2. The number of benzene rings is 2. The van der Waals surface area contributed by atoms with Crippen molar-refractivity contribution in [1.29, 1.82) is 0 Å². The molecule has 140 valence electrons. The van der Waals surface area contributed by atoms with Gasteiger partial charge in [0.1, 0.15) is 5.75 Å². The summed E-state index contributed by atoms with van der Waals surface area (Å²) in [6, 6.07) is 18.4. The second-order valence-corrected chi connectivity index (χ2v) is 7.09. The molecule has 0 saturated carbocycles. The first-order valence-electron chi connectivity index (χ1n) is 9.36. The summed E-state index contributed by atoms with van der Waals surface area (Å²) in [6.45, 7) is 2.50. The van der Waals surface area contributed by atoms with Crippen molar-refractivity contribution in [3.05, 3.63) is 78.1 Å². The molecule has 1 N–H and O–H groups in total. The number of hydrogen-bond acceptors (Lipinski definition) is 4. The Morgan fingerprint density at radius 2 is 2.00 bits per heavy atom. The number of aliphatic hydroxyl groups excluding tert-OH is 1. The lowest BCUT2D eigenvalue weighted by Crippen LogP contribution is -2.42. The molecule has 4 rings (SSSR count). The fraction of sp³-hybridized carbons (Fsp3) is 0.318. The summed E-state index contributed by atoms with van der Waals surface area (Å²) in [4.78, 5) is 2.32. The molecular formula is C22H25N3O2. The van der Waals surface area contributed by atoms with Gasteiger partial charge in [-0.25, -0.2) is 4.68 Å². The van der Waals surface area contributed by atoms with E-state index in [1.807, 2.05) is 35.1 Å². The fourth-order valence-electron chi connectivity index (χ4n) is 3.84. The van der Waals surface area contributed by atoms with Crippen LogP contribution < -0.4 is 4.74 Å². The quantitative estimate of drug-likeness (QED) is 0.756. The van der Waals surface area contributed by atoms with E-state index in [1.54, 1.807) is 13.3 Å². The Kier molecular flexibility index (Phi) is 5.23. The average Bonchev–Trinajstić information content (AvgIpc) is 3.23. The Morgan fingerprint density at radius 3 is 2.70 bits per heavy atom. The molecule has 2 atom stereocenters. The van der Waals surface area contributed by atoms with E-state index in [4.69, 9.17) is 4.74 Å². The lowest BCUT2D eigenvalue weighted by molar-refractivity contribution is 0.0476. The molecule has 0 unspecified atom stereocenters. The molecule has 1 aromatic heterocycles. The molecule has 0 aliphatic carbocycles. The number of methoxy groups -OCH3 is 1. The summed E-state index contributed by atoms with van der Waals surface area (Å²) < 4.78 is 7.17. The van der Waals surface area contributed by atoms with Crippen molar-refractivity contribution < 1.29 is 9.84 Å². The van der Waals surface area contributed by atoms with E-state index in [0.717, 1.165) is 36.5 Å². The molecule has 0 amide bonds. The third kappa shape index (κ3) is 4.04. The molecule has 27 heavy (non-hydrogen) atoms. The van der Waals surface area contributed by atoms with Gasteiger partial charge in [-0.2, -0.15) is 5.10 Å². The van der Waals surface area contributed by atoms with Gasteiger partial charge in [-0.15, -0.1) is 0 Å². The number of nitrogens with zero attached hydrogens (tertiary/aromatic N) is 3. The van der Waals surface area contributed by atoms with Crippen LogP contribution in [0.25, 0.3) is 5.69 Å². The Labute approximate surface area is 159 Å². The largest absolute Gasteiger partial charge is 0.497 e. The van der Waals surface area contributed by atoms with Gasteiger partial charge in [-0.3, -0.25) is 4.90 Å². The highest BCUT2D eigenvalue weighted by Crippen LogP contribution is 2.31. The molecule has 1 aliphatic heterocycles. The molecule has 5 heteroatoms. The van der Waals surface area contributed by atoms with Crippen LogP contribution in [0, 0.1) is 0 Å². The summed E-state index contributed by atoms with van der Waals surface area (Å²) in [6.07, 6.45) is 4.30. The standard InChI is InChI=1S/C22H25N3O2/c1-27-20-5-2-4-18(14-20)21-10-13-24(16-22(21)26)15-17-6-8-19(9-7-17)25-12-3-11-23-25/h2-9,11-12,14,21-22,26H,10,13,15-16H2,1H3/t21-,22+/m0/s1. The first kappa shape index (κ1) is 17.8. The van der Waals surface area contributed by atoms with Crippen molar-refractivity contribution in [1.82, 2.24) is 14.7 Å². The van der Waals surface area contributed by atoms with Crippen LogP contribution in [0.5, 0.6) is 5.75 Å². The minimum Gasteiger partial charge on any atom is -0.497 e. The van der Waals surface area contributed by atoms with Gasteiger partial charge in [0.2, 0.25) is 0 Å². The second kappa shape index (κ2) is 7.94. The van der Waals surface area contributed by atoms with Crippen LogP contribution in [0.1, 0.15) is 23.5 Å². The number of hydrogen-bond donors (Lipinski definition) is 1. The summed E-state index contributed by atoms with van der Waals surface area (Å²) in [5.74, 6) is 1.01. The second-order valence-electron chi connectivity index (χ2n) is 7.09. The van der Waals surface area contributed by atoms with Gasteiger partial charge in [0.05, 0.1) is 18.9 Å². The third-order valence-electron chi connectivity index (χ3n) is 5.30. The molecule has 0 radical (unpaired) electrons. The predicted molar refractivity (Wildman–Crippen MR) is 105 cm³/mol. The number of ether oxygens (including phenoxy) is 1. The lowest BCUT2D eigenvalue weighted by atomic mass is 9.87. The molecule has 5 nitrogen and oxygen atoms in total. The molecule has 2 aromatic carbocycles. The van der Waals surface area contributed by atoms with E-state index >= 15 is 0 Å². The van der Waals surface area contributed by atoms with E-state index in [9.17, 15) is 5.11 Å². The molecule has 2 heterocycles. The van der Waals surface area contributed by atoms with Crippen molar-refractivity contribution in [2.24, 2.45) is 0 Å². The number of piperidine rings is 1. The topological polar surface area (TPSA) is 50.5 Å². The van der Waals surface area contributed by atoms with Gasteiger partial charge < -0.3 is 9.84 Å². The Hall–Kier alpha value is -2.63. The van der Waals surface area contributed by atoms with Crippen molar-refractivity contribution in [3.63, 3.8) is 0 Å². The minimum absolute atomic E-state index is 0.165. The molecular weight excluding hydrogens is 338 g/mol. The molecule has 0 spiro atoms.